The molecule has 0 aromatic heterocycles. The van der Waals surface area contributed by atoms with Gasteiger partial charge in [-0.1, -0.05) is 394 Å². The third-order valence-electron chi connectivity index (χ3n) is 19.5. The summed E-state index contributed by atoms with van der Waals surface area (Å²) in [5, 5.41) is 10.6. The van der Waals surface area contributed by atoms with E-state index in [0.29, 0.717) is 25.7 Å². The Labute approximate surface area is 626 Å². The number of phosphoric acid groups is 2. The maximum Gasteiger partial charge on any atom is 0.472 e. The van der Waals surface area contributed by atoms with Gasteiger partial charge in [0.05, 0.1) is 26.4 Å². The van der Waals surface area contributed by atoms with Crippen molar-refractivity contribution in [1.29, 1.82) is 0 Å². The zero-order chi connectivity index (χ0) is 74.8. The van der Waals surface area contributed by atoms with E-state index in [-0.39, 0.29) is 25.7 Å². The fourth-order valence-corrected chi connectivity index (χ4v) is 14.5. The Morgan fingerprint density at radius 2 is 0.451 bits per heavy atom. The Bertz CT molecular complexity index is 1940. The van der Waals surface area contributed by atoms with E-state index in [1.165, 1.54) is 263 Å². The first kappa shape index (κ1) is 100. The van der Waals surface area contributed by atoms with Gasteiger partial charge in [0, 0.05) is 25.7 Å². The van der Waals surface area contributed by atoms with Crippen LogP contribution in [0.2, 0.25) is 0 Å². The molecule has 0 fully saturated rings. The van der Waals surface area contributed by atoms with Crippen LogP contribution in [0.25, 0.3) is 0 Å². The summed E-state index contributed by atoms with van der Waals surface area (Å²) in [5.41, 5.74) is 0. The molecular formula is C83H162O17P2. The number of hydrogen-bond donors (Lipinski definition) is 3. The monoisotopic (exact) mass is 1490 g/mol. The van der Waals surface area contributed by atoms with Gasteiger partial charge in [0.1, 0.15) is 19.3 Å². The van der Waals surface area contributed by atoms with Crippen LogP contribution >= 0.6 is 15.6 Å². The zero-order valence-electron chi connectivity index (χ0n) is 66.8. The number of carbonyl (C=O) groups excluding carboxylic acids is 4. The molecule has 102 heavy (non-hydrogen) atoms. The van der Waals surface area contributed by atoms with Crippen LogP contribution in [-0.4, -0.2) is 96.7 Å². The maximum absolute atomic E-state index is 13.1. The van der Waals surface area contributed by atoms with E-state index in [4.69, 9.17) is 37.0 Å². The number of aliphatic hydroxyl groups excluding tert-OH is 1. The highest BCUT2D eigenvalue weighted by Crippen LogP contribution is 2.45. The maximum atomic E-state index is 13.1. The van der Waals surface area contributed by atoms with Gasteiger partial charge < -0.3 is 33.8 Å². The van der Waals surface area contributed by atoms with E-state index in [1.54, 1.807) is 0 Å². The van der Waals surface area contributed by atoms with E-state index >= 15 is 0 Å². The highest BCUT2D eigenvalue weighted by Gasteiger charge is 2.30. The predicted molar refractivity (Wildman–Crippen MR) is 418 cm³/mol. The summed E-state index contributed by atoms with van der Waals surface area (Å²) >= 11 is 0. The minimum absolute atomic E-state index is 0.108. The highest BCUT2D eigenvalue weighted by molar-refractivity contribution is 7.47. The van der Waals surface area contributed by atoms with Crippen LogP contribution in [0, 0.1) is 5.92 Å². The number of unbranched alkanes of at least 4 members (excludes halogenated alkanes) is 55. The molecule has 0 amide bonds. The molecule has 0 radical (unpaired) electrons. The molecule has 0 aliphatic heterocycles. The molecule has 2 unspecified atom stereocenters. The normalized spacial score (nSPS) is 13.8. The van der Waals surface area contributed by atoms with Crippen LogP contribution in [0.5, 0.6) is 0 Å². The van der Waals surface area contributed by atoms with Gasteiger partial charge in [0.2, 0.25) is 0 Å². The van der Waals surface area contributed by atoms with E-state index in [9.17, 15) is 43.2 Å². The lowest BCUT2D eigenvalue weighted by atomic mass is 10.0. The Morgan fingerprint density at radius 1 is 0.265 bits per heavy atom. The number of phosphoric ester groups is 2. The van der Waals surface area contributed by atoms with Gasteiger partial charge in [-0.05, 0) is 31.6 Å². The molecule has 0 saturated carbocycles. The third-order valence-corrected chi connectivity index (χ3v) is 21.4. The number of rotatable bonds is 83. The second kappa shape index (κ2) is 75.9. The molecule has 0 aromatic rings. The second-order valence-corrected chi connectivity index (χ2v) is 33.3. The average molecular weight is 1490 g/mol. The lowest BCUT2D eigenvalue weighted by Gasteiger charge is -2.21. The highest BCUT2D eigenvalue weighted by atomic mass is 31.2. The van der Waals surface area contributed by atoms with Gasteiger partial charge in [0.15, 0.2) is 12.2 Å². The van der Waals surface area contributed by atoms with Gasteiger partial charge >= 0.3 is 39.5 Å². The molecule has 0 heterocycles. The lowest BCUT2D eigenvalue weighted by Crippen LogP contribution is -2.30. The smallest absolute Gasteiger partial charge is 0.462 e. The molecule has 3 N–H and O–H groups in total. The van der Waals surface area contributed by atoms with Gasteiger partial charge in [-0.25, -0.2) is 9.13 Å². The van der Waals surface area contributed by atoms with Gasteiger partial charge in [-0.3, -0.25) is 37.3 Å². The SMILES string of the molecule is CCCCCCCCCCCCCCCCCCCCCCC(=O)O[C@H](COC(=O)CCCCCCCCCCCCCCCCCCC(C)C)COP(=O)(O)OC[C@@H](O)COP(=O)(O)OC[C@@H](COC(=O)CCCCCCC)OC(=O)CCCCCCCCCCCCCCCCCCCC. The first-order valence-corrected chi connectivity index (χ1v) is 46.1. The molecule has 0 spiro atoms. The zero-order valence-corrected chi connectivity index (χ0v) is 68.5. The molecule has 17 nitrogen and oxygen atoms in total. The van der Waals surface area contributed by atoms with E-state index in [2.05, 4.69) is 34.6 Å². The van der Waals surface area contributed by atoms with Crippen LogP contribution in [0.3, 0.4) is 0 Å². The summed E-state index contributed by atoms with van der Waals surface area (Å²) in [7, 11) is -9.91. The summed E-state index contributed by atoms with van der Waals surface area (Å²) < 4.78 is 68.6. The van der Waals surface area contributed by atoms with Crippen molar-refractivity contribution >= 4 is 39.5 Å². The summed E-state index contributed by atoms with van der Waals surface area (Å²) in [5.74, 6) is -1.30. The number of aliphatic hydroxyl groups is 1. The largest absolute Gasteiger partial charge is 0.472 e. The lowest BCUT2D eigenvalue weighted by molar-refractivity contribution is -0.161. The number of hydrogen-bond acceptors (Lipinski definition) is 15. The molecular weight excluding hydrogens is 1330 g/mol. The van der Waals surface area contributed by atoms with Crippen LogP contribution in [0.4, 0.5) is 0 Å². The standard InChI is InChI=1S/C83H162O17P2/c1-6-9-12-15-17-19-21-23-25-27-29-30-32-38-42-46-50-54-59-64-69-83(88)100-79(73-94-81(86)67-62-57-52-48-44-40-36-34-33-35-39-43-47-51-56-60-65-76(4)5)75-98-102(91,92)96-71-77(84)70-95-101(89,90)97-74-78(72-93-80(85)66-61-55-14-11-8-3)99-82(87)68-63-58-53-49-45-41-37-31-28-26-24-22-20-18-16-13-10-7-2/h76-79,84H,6-75H2,1-5H3,(H,89,90)(H,91,92)/t77-,78+,79+/m0/s1. The van der Waals surface area contributed by atoms with Crippen molar-refractivity contribution in [2.45, 2.75) is 464 Å². The summed E-state index contributed by atoms with van der Waals surface area (Å²) in [4.78, 5) is 72.8. The fraction of sp³-hybridized carbons (Fsp3) is 0.952. The molecule has 606 valence electrons. The average Bonchev–Trinajstić information content (AvgIpc) is 0.921. The molecule has 0 aromatic carbocycles. The Hall–Kier alpha value is -1.94. The number of esters is 4. The van der Waals surface area contributed by atoms with Crippen molar-refractivity contribution in [2.24, 2.45) is 5.92 Å². The van der Waals surface area contributed by atoms with Crippen molar-refractivity contribution in [1.82, 2.24) is 0 Å². The summed E-state index contributed by atoms with van der Waals surface area (Å²) in [6.45, 7) is 7.29. The molecule has 19 heteroatoms. The molecule has 0 aliphatic rings. The van der Waals surface area contributed by atoms with Crippen LogP contribution in [0.1, 0.15) is 446 Å². The first-order valence-electron chi connectivity index (χ1n) is 43.1. The molecule has 0 rings (SSSR count). The molecule has 0 aliphatic carbocycles. The van der Waals surface area contributed by atoms with Crippen LogP contribution < -0.4 is 0 Å². The van der Waals surface area contributed by atoms with Crippen molar-refractivity contribution in [3.05, 3.63) is 0 Å². The molecule has 0 saturated heterocycles. The molecule has 5 atom stereocenters. The van der Waals surface area contributed by atoms with Crippen molar-refractivity contribution in [2.75, 3.05) is 39.6 Å². The predicted octanol–water partition coefficient (Wildman–Crippen LogP) is 25.2. The minimum atomic E-state index is -4.96. The topological polar surface area (TPSA) is 237 Å². The Morgan fingerprint density at radius 3 is 0.667 bits per heavy atom. The van der Waals surface area contributed by atoms with E-state index < -0.39 is 97.5 Å². The Kier molecular flexibility index (Phi) is 74.4. The number of carbonyl (C=O) groups is 4. The molecule has 0 bridgehead atoms. The Balaban J connectivity index is 5.10. The van der Waals surface area contributed by atoms with Gasteiger partial charge in [-0.15, -0.1) is 0 Å². The number of ether oxygens (including phenoxy) is 4. The summed E-state index contributed by atoms with van der Waals surface area (Å²) in [6.07, 6.45) is 68.6. The van der Waals surface area contributed by atoms with Crippen molar-refractivity contribution < 1.29 is 80.2 Å². The van der Waals surface area contributed by atoms with E-state index in [1.807, 2.05) is 0 Å². The quantitative estimate of drug-likeness (QED) is 0.0222. The van der Waals surface area contributed by atoms with Crippen molar-refractivity contribution in [3.63, 3.8) is 0 Å². The fourth-order valence-electron chi connectivity index (χ4n) is 12.9. The van der Waals surface area contributed by atoms with Crippen LogP contribution in [0.15, 0.2) is 0 Å². The van der Waals surface area contributed by atoms with Crippen molar-refractivity contribution in [3.8, 4) is 0 Å². The summed E-state index contributed by atoms with van der Waals surface area (Å²) in [6, 6.07) is 0. The van der Waals surface area contributed by atoms with Gasteiger partial charge in [0.25, 0.3) is 0 Å². The minimum Gasteiger partial charge on any atom is -0.462 e. The van der Waals surface area contributed by atoms with E-state index in [0.717, 1.165) is 102 Å². The van der Waals surface area contributed by atoms with Gasteiger partial charge in [-0.2, -0.15) is 0 Å². The first-order chi connectivity index (χ1) is 49.5. The third kappa shape index (κ3) is 76.3. The second-order valence-electron chi connectivity index (χ2n) is 30.3. The van der Waals surface area contributed by atoms with Crippen LogP contribution in [-0.2, 0) is 65.4 Å².